The largest absolute Gasteiger partial charge is 0.310 e. The molecule has 9 aromatic rings. The first kappa shape index (κ1) is 26.0. The van der Waals surface area contributed by atoms with E-state index >= 15 is 0 Å². The van der Waals surface area contributed by atoms with Crippen molar-refractivity contribution in [3.8, 4) is 55.6 Å². The quantitative estimate of drug-likeness (QED) is 0.158. The maximum Gasteiger partial charge on any atom is 0.0651 e. The highest BCUT2D eigenvalue weighted by Crippen LogP contribution is 2.52. The Kier molecular flexibility index (Phi) is 6.36. The van der Waals surface area contributed by atoms with E-state index in [0.717, 1.165) is 33.0 Å². The van der Waals surface area contributed by atoms with Crippen LogP contribution in [0.4, 0.5) is 17.1 Å². The van der Waals surface area contributed by atoms with Crippen LogP contribution in [0.5, 0.6) is 0 Å². The van der Waals surface area contributed by atoms with Crippen LogP contribution in [0.3, 0.4) is 0 Å². The molecule has 0 bridgehead atoms. The van der Waals surface area contributed by atoms with Gasteiger partial charge >= 0.3 is 0 Å². The summed E-state index contributed by atoms with van der Waals surface area (Å²) in [5.74, 6) is 0. The molecule has 9 aromatic carbocycles. The third-order valence-corrected chi connectivity index (χ3v) is 11.0. The molecule has 1 aliphatic rings. The molecule has 0 saturated carbocycles. The highest BCUT2D eigenvalue weighted by atomic mass is 15.1. The molecule has 0 atom stereocenters. The van der Waals surface area contributed by atoms with Gasteiger partial charge in [-0.1, -0.05) is 184 Å². The van der Waals surface area contributed by atoms with Crippen molar-refractivity contribution in [1.29, 1.82) is 0 Å². The van der Waals surface area contributed by atoms with Crippen LogP contribution in [0.2, 0.25) is 0 Å². The van der Waals surface area contributed by atoms with Crippen LogP contribution in [0, 0.1) is 0 Å². The van der Waals surface area contributed by atoms with Gasteiger partial charge in [0.05, 0.1) is 11.0 Å². The molecule has 0 spiro atoms. The second kappa shape index (κ2) is 13.7. The average Bonchev–Trinajstić information content (AvgIpc) is 3.56. The van der Waals surface area contributed by atoms with Crippen molar-refractivity contribution < 1.29 is 11.0 Å². The molecule has 0 amide bonds. The fraction of sp³-hybridized carbons (Fsp3) is 0.0545. The van der Waals surface area contributed by atoms with Gasteiger partial charge in [-0.3, -0.25) is 0 Å². The molecular formula is C55H41N. The molecule has 0 radical (unpaired) electrons. The monoisotopic (exact) mass is 723 g/mol. The lowest BCUT2D eigenvalue weighted by Crippen LogP contribution is -2.16. The van der Waals surface area contributed by atoms with Crippen molar-refractivity contribution in [3.05, 3.63) is 223 Å². The molecule has 1 nitrogen and oxygen atoms in total. The van der Waals surface area contributed by atoms with Gasteiger partial charge in [-0.15, -0.1) is 0 Å². The first-order chi connectivity index (χ1) is 30.9. The molecule has 0 fully saturated rings. The molecule has 10 rings (SSSR count). The fourth-order valence-electron chi connectivity index (χ4n) is 8.21. The zero-order valence-electron chi connectivity index (χ0n) is 39.0. The summed E-state index contributed by atoms with van der Waals surface area (Å²) in [5, 5.41) is 1.84. The Morgan fingerprint density at radius 2 is 1.00 bits per heavy atom. The van der Waals surface area contributed by atoms with E-state index in [9.17, 15) is 8.22 Å². The number of hydrogen-bond acceptors (Lipinski definition) is 1. The smallest absolute Gasteiger partial charge is 0.0651 e. The summed E-state index contributed by atoms with van der Waals surface area (Å²) in [5.41, 5.74) is 9.73. The normalized spacial score (nSPS) is 14.6. The van der Waals surface area contributed by atoms with Crippen LogP contribution < -0.4 is 4.90 Å². The second-order valence-electron chi connectivity index (χ2n) is 14.7. The maximum atomic E-state index is 9.80. The number of nitrogens with zero attached hydrogens (tertiary/aromatic N) is 1. The summed E-state index contributed by atoms with van der Waals surface area (Å²) >= 11 is 0. The van der Waals surface area contributed by atoms with Crippen molar-refractivity contribution in [2.75, 3.05) is 4.90 Å². The van der Waals surface area contributed by atoms with Gasteiger partial charge in [0.15, 0.2) is 0 Å². The third-order valence-electron chi connectivity index (χ3n) is 11.0. The fourth-order valence-corrected chi connectivity index (χ4v) is 8.21. The molecule has 266 valence electrons. The van der Waals surface area contributed by atoms with Crippen molar-refractivity contribution in [2.24, 2.45) is 0 Å². The van der Waals surface area contributed by atoms with Gasteiger partial charge in [-0.2, -0.15) is 0 Å². The van der Waals surface area contributed by atoms with Crippen LogP contribution in [-0.2, 0) is 5.41 Å². The average molecular weight is 724 g/mol. The van der Waals surface area contributed by atoms with Gasteiger partial charge in [0.25, 0.3) is 0 Å². The van der Waals surface area contributed by atoms with Gasteiger partial charge in [0, 0.05) is 22.5 Å². The molecule has 56 heavy (non-hydrogen) atoms. The van der Waals surface area contributed by atoms with E-state index in [4.69, 9.17) is 2.74 Å². The van der Waals surface area contributed by atoms with E-state index < -0.39 is 12.1 Å². The Morgan fingerprint density at radius 1 is 0.393 bits per heavy atom. The number of rotatable bonds is 7. The minimum atomic E-state index is -0.443. The van der Waals surface area contributed by atoms with Gasteiger partial charge < -0.3 is 4.90 Å². The van der Waals surface area contributed by atoms with Gasteiger partial charge in [0.1, 0.15) is 0 Å². The van der Waals surface area contributed by atoms with E-state index in [1.165, 1.54) is 27.2 Å². The lowest BCUT2D eigenvalue weighted by molar-refractivity contribution is 0.662. The standard InChI is InChI=1S/C55H41N/c1-55(2)53-21-9-8-18-51(53)52-20-11-19-50(54(52)55)43-30-34-48(35-31-43)56(49-17-10-16-45(37-49)46-27-26-39-14-6-7-15-44(39)36-46)47-32-28-42(29-33-47)41-24-22-40(23-25-41)38-12-4-3-5-13-38/h3-37H,1-2H3/i10D,16D,17D,28D,29D,32D,33D,37D. The predicted molar refractivity (Wildman–Crippen MR) is 238 cm³/mol. The molecule has 0 heterocycles. The minimum Gasteiger partial charge on any atom is -0.310 e. The van der Waals surface area contributed by atoms with Crippen molar-refractivity contribution in [3.63, 3.8) is 0 Å². The molecule has 0 saturated heterocycles. The van der Waals surface area contributed by atoms with Gasteiger partial charge in [0.2, 0.25) is 0 Å². The van der Waals surface area contributed by atoms with Crippen LogP contribution in [0.25, 0.3) is 66.4 Å². The summed E-state index contributed by atoms with van der Waals surface area (Å²) in [6, 6.07) is 50.0. The SMILES string of the molecule is [2H]c1c([2H])c(-c2ccc3ccccc3c2)c([2H])c(N(c2ccc(-c3cccc4c3C(C)(C)c3ccccc3-4)cc2)c2c([2H])c([2H])c(-c3ccc(-c4ccccc4)cc3)c([2H])c2[2H])c1[2H]. The Morgan fingerprint density at radius 3 is 1.79 bits per heavy atom. The molecular weight excluding hydrogens is 675 g/mol. The Balaban J connectivity index is 1.18. The van der Waals surface area contributed by atoms with Crippen molar-refractivity contribution in [1.82, 2.24) is 0 Å². The van der Waals surface area contributed by atoms with Crippen molar-refractivity contribution >= 4 is 27.8 Å². The van der Waals surface area contributed by atoms with E-state index in [2.05, 4.69) is 56.3 Å². The lowest BCUT2D eigenvalue weighted by atomic mass is 9.79. The summed E-state index contributed by atoms with van der Waals surface area (Å²) in [7, 11) is 0. The summed E-state index contributed by atoms with van der Waals surface area (Å²) in [6.45, 7) is 4.46. The van der Waals surface area contributed by atoms with Crippen LogP contribution >= 0.6 is 0 Å². The van der Waals surface area contributed by atoms with Crippen LogP contribution in [0.1, 0.15) is 35.9 Å². The van der Waals surface area contributed by atoms with Crippen molar-refractivity contribution in [2.45, 2.75) is 19.3 Å². The lowest BCUT2D eigenvalue weighted by Gasteiger charge is -2.27. The van der Waals surface area contributed by atoms with E-state index in [1.807, 2.05) is 91.0 Å². The number of hydrogen-bond donors (Lipinski definition) is 0. The molecule has 0 N–H and O–H groups in total. The van der Waals surface area contributed by atoms with Crippen LogP contribution in [-0.4, -0.2) is 0 Å². The maximum absolute atomic E-state index is 9.80. The number of benzene rings is 9. The molecule has 1 heteroatoms. The highest BCUT2D eigenvalue weighted by molar-refractivity contribution is 5.90. The molecule has 0 unspecified atom stereocenters. The first-order valence-corrected chi connectivity index (χ1v) is 18.9. The summed E-state index contributed by atoms with van der Waals surface area (Å²) < 4.78 is 75.5. The van der Waals surface area contributed by atoms with Gasteiger partial charge in [-0.25, -0.2) is 0 Å². The van der Waals surface area contributed by atoms with Crippen LogP contribution in [0.15, 0.2) is 212 Å². The predicted octanol–water partition coefficient (Wildman–Crippen LogP) is 15.3. The Labute approximate surface area is 341 Å². The third kappa shape index (κ3) is 5.90. The second-order valence-corrected chi connectivity index (χ2v) is 14.7. The number of anilines is 3. The topological polar surface area (TPSA) is 3.24 Å². The molecule has 0 aliphatic heterocycles. The highest BCUT2D eigenvalue weighted by Gasteiger charge is 2.37. The minimum absolute atomic E-state index is 0.118. The van der Waals surface area contributed by atoms with Gasteiger partial charge in [-0.05, 0) is 120 Å². The molecule has 1 aliphatic carbocycles. The van der Waals surface area contributed by atoms with E-state index in [-0.39, 0.29) is 64.2 Å². The Bertz CT molecular complexity index is 3300. The van der Waals surface area contributed by atoms with E-state index in [0.29, 0.717) is 16.8 Å². The summed E-state index contributed by atoms with van der Waals surface area (Å²) in [6.07, 6.45) is 0. The molecule has 0 aromatic heterocycles. The summed E-state index contributed by atoms with van der Waals surface area (Å²) in [4.78, 5) is 1.41. The Hall–Kier alpha value is -6.96. The van der Waals surface area contributed by atoms with E-state index in [1.54, 1.807) is 30.3 Å². The first-order valence-electron chi connectivity index (χ1n) is 22.9. The zero-order chi connectivity index (χ0) is 44.6. The number of fused-ring (bicyclic) bond motifs is 4. The zero-order valence-corrected chi connectivity index (χ0v) is 31.0.